The van der Waals surface area contributed by atoms with Gasteiger partial charge in [0.25, 0.3) is 5.91 Å². The van der Waals surface area contributed by atoms with Crippen LogP contribution in [0.2, 0.25) is 0 Å². The lowest BCUT2D eigenvalue weighted by Crippen LogP contribution is -2.62. The molecule has 2 fully saturated rings. The number of aromatic nitrogens is 2. The number of methoxy groups -OCH3 is 1. The van der Waals surface area contributed by atoms with Crippen molar-refractivity contribution < 1.29 is 38.6 Å². The minimum atomic E-state index is -1.17. The topological polar surface area (TPSA) is 179 Å². The smallest absolute Gasteiger partial charge is 0.324 e. The molecule has 2 aromatic heterocycles. The van der Waals surface area contributed by atoms with Crippen LogP contribution >= 0.6 is 0 Å². The second-order valence-electron chi connectivity index (χ2n) is 20.3. The fraction of sp³-hybridized carbons (Fsp3) is 0.509. The van der Waals surface area contributed by atoms with Gasteiger partial charge in [-0.1, -0.05) is 46.4 Å². The number of phenols is 1. The van der Waals surface area contributed by atoms with Crippen LogP contribution in [0.5, 0.6) is 5.75 Å². The second kappa shape index (κ2) is 21.3. The zero-order valence-electron chi connectivity index (χ0n) is 41.8. The van der Waals surface area contributed by atoms with Gasteiger partial charge in [0, 0.05) is 75.2 Å². The summed E-state index contributed by atoms with van der Waals surface area (Å²) >= 11 is 0. The Morgan fingerprint density at radius 2 is 1.83 bits per heavy atom. The second-order valence-corrected chi connectivity index (χ2v) is 20.3. The summed E-state index contributed by atoms with van der Waals surface area (Å²) in [4.78, 5) is 79.7. The Kier molecular flexibility index (Phi) is 15.6. The number of amides is 4. The molecule has 4 atom stereocenters. The molecule has 370 valence electrons. The standard InChI is InChI=1S/C53H70N8O8/c1-11-46(63)59-21-19-35(28-59)50(65)58(9)47(32(3)4)49(64)55-43-24-33-22-36(25-38(62)23-33)34-15-18-45-40(26-34)41(27-53(5,6)31-69-52(67)42-14-13-20-61(56-42)51(43)66)48(60(45)12-2)39-17-16-37(29-57(7)8)54-44(39)30-68-10/h11,15-18,22-23,25-26,32,35,42-43,47,56,62H,1,12-14,19-21,24,27-31H2,2-10H3,(H,55,64)/t35-,42-,43-,47-/m0/s1. The maximum absolute atomic E-state index is 14.8. The number of rotatable bonds is 12. The molecule has 3 aliphatic rings. The van der Waals surface area contributed by atoms with E-state index in [9.17, 15) is 29.1 Å². The summed E-state index contributed by atoms with van der Waals surface area (Å²) < 4.78 is 14.2. The summed E-state index contributed by atoms with van der Waals surface area (Å²) in [5.74, 6) is -2.87. The first-order chi connectivity index (χ1) is 32.8. The molecule has 0 saturated carbocycles. The lowest BCUT2D eigenvalue weighted by Gasteiger charge is -2.37. The molecule has 3 aliphatic heterocycles. The molecule has 5 heterocycles. The fourth-order valence-electron chi connectivity index (χ4n) is 10.3. The Morgan fingerprint density at radius 1 is 1.06 bits per heavy atom. The summed E-state index contributed by atoms with van der Waals surface area (Å²) in [6.45, 7) is 16.2. The summed E-state index contributed by atoms with van der Waals surface area (Å²) in [5.41, 5.74) is 10.5. The van der Waals surface area contributed by atoms with Crippen molar-refractivity contribution >= 4 is 40.5 Å². The molecule has 2 saturated heterocycles. The fourth-order valence-corrected chi connectivity index (χ4v) is 10.3. The minimum Gasteiger partial charge on any atom is -0.508 e. The van der Waals surface area contributed by atoms with Gasteiger partial charge in [0.2, 0.25) is 17.7 Å². The average Bonchev–Trinajstić information content (AvgIpc) is 3.92. The number of fused-ring (bicyclic) bond motifs is 6. The summed E-state index contributed by atoms with van der Waals surface area (Å²) in [7, 11) is 7.28. The third-order valence-electron chi connectivity index (χ3n) is 13.6. The Balaban J connectivity index is 1.31. The quantitative estimate of drug-likeness (QED) is 0.121. The Hall–Kier alpha value is -6.10. The number of cyclic esters (lactones) is 1. The number of hydrogen-bond acceptors (Lipinski definition) is 11. The highest BCUT2D eigenvalue weighted by Crippen LogP contribution is 2.41. The predicted octanol–water partition coefficient (Wildman–Crippen LogP) is 5.47. The molecule has 0 unspecified atom stereocenters. The van der Waals surface area contributed by atoms with E-state index in [0.717, 1.165) is 44.7 Å². The molecule has 4 aromatic rings. The van der Waals surface area contributed by atoms with Gasteiger partial charge < -0.3 is 39.2 Å². The van der Waals surface area contributed by atoms with Crippen LogP contribution in [0.4, 0.5) is 0 Å². The summed E-state index contributed by atoms with van der Waals surface area (Å²) in [5, 5.41) is 16.8. The Morgan fingerprint density at radius 3 is 2.52 bits per heavy atom. The van der Waals surface area contributed by atoms with Crippen molar-refractivity contribution in [1.82, 2.24) is 40.0 Å². The van der Waals surface area contributed by atoms with Crippen molar-refractivity contribution in [1.29, 1.82) is 0 Å². The SMILES string of the molecule is C=CC(=O)N1CC[C@H](C(=O)N(C)[C@H](C(=O)N[C@H]2Cc3cc(O)cc(c3)-c3ccc4c(c3)c(c(-c3ccc(CN(C)C)nc3COC)n4CC)CC(C)(C)COC(=O)[C@@H]3CCCN(N3)C2=O)C(C)C)C1. The first kappa shape index (κ1) is 50.8. The third-order valence-corrected chi connectivity index (χ3v) is 13.6. The molecule has 3 N–H and O–H groups in total. The van der Waals surface area contributed by atoms with Gasteiger partial charge in [-0.25, -0.2) is 5.43 Å². The maximum Gasteiger partial charge on any atom is 0.324 e. The van der Waals surface area contributed by atoms with Gasteiger partial charge in [-0.05, 0) is 117 Å². The molecular weight excluding hydrogens is 877 g/mol. The van der Waals surface area contributed by atoms with E-state index < -0.39 is 47.2 Å². The number of likely N-dealkylation sites (tertiary alicyclic amines) is 1. The van der Waals surface area contributed by atoms with E-state index in [1.165, 1.54) is 16.0 Å². The number of hydrazine groups is 1. The van der Waals surface area contributed by atoms with Crippen molar-refractivity contribution in [2.75, 3.05) is 54.5 Å². The summed E-state index contributed by atoms with van der Waals surface area (Å²) in [6, 6.07) is 12.7. The Bertz CT molecular complexity index is 2600. The molecule has 0 aliphatic carbocycles. The number of likely N-dealkylation sites (N-methyl/N-ethyl adjacent to an activating group) is 1. The maximum atomic E-state index is 14.8. The van der Waals surface area contributed by atoms with Gasteiger partial charge in [-0.15, -0.1) is 0 Å². The van der Waals surface area contributed by atoms with Crippen molar-refractivity contribution in [3.63, 3.8) is 0 Å². The molecular formula is C53H70N8O8. The molecule has 16 nitrogen and oxygen atoms in total. The van der Waals surface area contributed by atoms with Crippen molar-refractivity contribution in [3.05, 3.63) is 83.7 Å². The van der Waals surface area contributed by atoms with E-state index >= 15 is 0 Å². The van der Waals surface area contributed by atoms with Gasteiger partial charge >= 0.3 is 5.97 Å². The average molecular weight is 947 g/mol. The number of aromatic hydroxyl groups is 1. The Labute approximate surface area is 406 Å². The number of aryl methyl sites for hydroxylation is 1. The van der Waals surface area contributed by atoms with E-state index in [1.54, 1.807) is 31.2 Å². The highest BCUT2D eigenvalue weighted by atomic mass is 16.5. The van der Waals surface area contributed by atoms with Crippen LogP contribution in [0.15, 0.2) is 61.2 Å². The van der Waals surface area contributed by atoms with Gasteiger partial charge in [-0.3, -0.25) is 34.0 Å². The molecule has 69 heavy (non-hydrogen) atoms. The zero-order chi connectivity index (χ0) is 49.9. The zero-order valence-corrected chi connectivity index (χ0v) is 41.8. The number of nitrogens with one attached hydrogen (secondary N) is 2. The molecule has 16 heteroatoms. The molecule has 0 radical (unpaired) electrons. The number of nitrogens with zero attached hydrogens (tertiary/aromatic N) is 6. The van der Waals surface area contributed by atoms with E-state index in [4.69, 9.17) is 14.5 Å². The van der Waals surface area contributed by atoms with Crippen molar-refractivity contribution in [3.8, 4) is 28.1 Å². The monoisotopic (exact) mass is 947 g/mol. The van der Waals surface area contributed by atoms with E-state index in [0.29, 0.717) is 63.1 Å². The van der Waals surface area contributed by atoms with Gasteiger partial charge in [0.05, 0.1) is 36.2 Å². The lowest BCUT2D eigenvalue weighted by atomic mass is 9.84. The predicted molar refractivity (Wildman–Crippen MR) is 264 cm³/mol. The first-order valence-corrected chi connectivity index (χ1v) is 24.2. The van der Waals surface area contributed by atoms with Crippen LogP contribution in [0, 0.1) is 17.3 Å². The van der Waals surface area contributed by atoms with Gasteiger partial charge in [-0.2, -0.15) is 0 Å². The van der Waals surface area contributed by atoms with Gasteiger partial charge in [0.1, 0.15) is 23.9 Å². The number of carbonyl (C=O) groups excluding carboxylic acids is 5. The molecule has 0 spiro atoms. The number of carbonyl (C=O) groups is 5. The van der Waals surface area contributed by atoms with Crippen LogP contribution in [0.1, 0.15) is 76.4 Å². The van der Waals surface area contributed by atoms with Crippen molar-refractivity contribution in [2.24, 2.45) is 17.3 Å². The van der Waals surface area contributed by atoms with E-state index in [1.807, 2.05) is 40.1 Å². The molecule has 6 bridgehead atoms. The molecule has 4 amide bonds. The third kappa shape index (κ3) is 11.2. The van der Waals surface area contributed by atoms with Crippen molar-refractivity contribution in [2.45, 2.75) is 105 Å². The van der Waals surface area contributed by atoms with Crippen LogP contribution in [-0.2, 0) is 66.0 Å². The molecule has 7 rings (SSSR count). The largest absolute Gasteiger partial charge is 0.508 e. The van der Waals surface area contributed by atoms with Crippen LogP contribution in [0.25, 0.3) is 33.3 Å². The van der Waals surface area contributed by atoms with E-state index in [-0.39, 0.29) is 49.6 Å². The molecule has 2 aromatic carbocycles. The number of pyridine rings is 1. The van der Waals surface area contributed by atoms with Gasteiger partial charge in [0.15, 0.2) is 0 Å². The highest BCUT2D eigenvalue weighted by molar-refractivity contribution is 5.96. The lowest BCUT2D eigenvalue weighted by molar-refractivity contribution is -0.155. The van der Waals surface area contributed by atoms with Crippen LogP contribution in [-0.4, -0.2) is 137 Å². The normalized spacial score (nSPS) is 20.2. The van der Waals surface area contributed by atoms with E-state index in [2.05, 4.69) is 71.8 Å². The number of phenolic OH excluding ortho intramolecular Hbond substituents is 1. The van der Waals surface area contributed by atoms with Crippen LogP contribution < -0.4 is 10.7 Å². The number of ether oxygens (including phenoxy) is 2. The number of benzene rings is 2. The number of hydrogen-bond donors (Lipinski definition) is 3. The highest BCUT2D eigenvalue weighted by Gasteiger charge is 2.40. The first-order valence-electron chi connectivity index (χ1n) is 24.2. The van der Waals surface area contributed by atoms with Crippen LogP contribution in [0.3, 0.4) is 0 Å². The number of esters is 1. The minimum absolute atomic E-state index is 0.0133. The summed E-state index contributed by atoms with van der Waals surface area (Å²) in [6.07, 6.45) is 3.15.